The van der Waals surface area contributed by atoms with E-state index in [1.807, 2.05) is 20.0 Å². The minimum absolute atomic E-state index is 0.0210. The number of imidazole rings is 1. The first-order valence-corrected chi connectivity index (χ1v) is 7.75. The van der Waals surface area contributed by atoms with E-state index in [1.54, 1.807) is 6.20 Å². The van der Waals surface area contributed by atoms with Crippen LogP contribution in [0.15, 0.2) is 17.5 Å². The maximum absolute atomic E-state index is 12.4. The molecule has 1 aromatic rings. The van der Waals surface area contributed by atoms with Crippen LogP contribution in [0.5, 0.6) is 0 Å². The van der Waals surface area contributed by atoms with Gasteiger partial charge in [0.05, 0.1) is 0 Å². The third-order valence-corrected chi connectivity index (χ3v) is 4.08. The molecule has 0 saturated heterocycles. The van der Waals surface area contributed by atoms with Gasteiger partial charge in [0, 0.05) is 50.3 Å². The van der Waals surface area contributed by atoms with E-state index in [1.165, 1.54) is 5.01 Å². The molecule has 1 N–H and O–H groups in total. The van der Waals surface area contributed by atoms with Gasteiger partial charge in [0.15, 0.2) is 0 Å². The Labute approximate surface area is 129 Å². The second kappa shape index (κ2) is 5.90. The van der Waals surface area contributed by atoms with E-state index in [-0.39, 0.29) is 23.9 Å². The van der Waals surface area contributed by atoms with Gasteiger partial charge in [-0.2, -0.15) is 5.10 Å². The lowest BCUT2D eigenvalue weighted by Gasteiger charge is -2.28. The van der Waals surface area contributed by atoms with Crippen LogP contribution in [0, 0.1) is 0 Å². The Balaban J connectivity index is 1.65. The van der Waals surface area contributed by atoms with Gasteiger partial charge in [-0.15, -0.1) is 0 Å². The van der Waals surface area contributed by atoms with Crippen LogP contribution in [-0.2, 0) is 22.6 Å². The predicted octanol–water partition coefficient (Wildman–Crippen LogP) is 0.701. The number of hydrogen-bond acceptors (Lipinski definition) is 4. The molecule has 7 nitrogen and oxygen atoms in total. The molecule has 0 saturated carbocycles. The Morgan fingerprint density at radius 3 is 2.95 bits per heavy atom. The smallest absolute Gasteiger partial charge is 0.267 e. The van der Waals surface area contributed by atoms with Crippen molar-refractivity contribution in [2.24, 2.45) is 5.10 Å². The third-order valence-electron chi connectivity index (χ3n) is 4.08. The number of hydrazone groups is 1. The Morgan fingerprint density at radius 2 is 2.18 bits per heavy atom. The van der Waals surface area contributed by atoms with Crippen LogP contribution in [0.25, 0.3) is 0 Å². The van der Waals surface area contributed by atoms with E-state index in [4.69, 9.17) is 0 Å². The predicted molar refractivity (Wildman–Crippen MR) is 81.1 cm³/mol. The van der Waals surface area contributed by atoms with E-state index in [0.717, 1.165) is 25.2 Å². The summed E-state index contributed by atoms with van der Waals surface area (Å²) in [6, 6.07) is 0.0563. The van der Waals surface area contributed by atoms with E-state index in [0.29, 0.717) is 18.6 Å². The van der Waals surface area contributed by atoms with E-state index < -0.39 is 0 Å². The van der Waals surface area contributed by atoms with Gasteiger partial charge in [-0.25, -0.2) is 9.99 Å². The normalized spacial score (nSPS) is 21.6. The number of aromatic nitrogens is 2. The second-order valence-corrected chi connectivity index (χ2v) is 6.08. The number of aryl methyl sites for hydroxylation is 1. The molecule has 0 unspecified atom stereocenters. The van der Waals surface area contributed by atoms with Crippen LogP contribution in [0.2, 0.25) is 0 Å². The van der Waals surface area contributed by atoms with Gasteiger partial charge in [0.25, 0.3) is 5.91 Å². The van der Waals surface area contributed by atoms with E-state index in [9.17, 15) is 9.59 Å². The first kappa shape index (κ1) is 14.7. The molecule has 2 aliphatic rings. The molecule has 0 bridgehead atoms. The van der Waals surface area contributed by atoms with Crippen molar-refractivity contribution in [3.8, 4) is 0 Å². The van der Waals surface area contributed by atoms with Gasteiger partial charge in [0.1, 0.15) is 11.5 Å². The molecular formula is C15H21N5O2. The van der Waals surface area contributed by atoms with Crippen LogP contribution in [0.4, 0.5) is 0 Å². The fourth-order valence-electron chi connectivity index (χ4n) is 2.89. The van der Waals surface area contributed by atoms with Gasteiger partial charge < -0.3 is 9.88 Å². The SMILES string of the molecule is CC(C)N1N=C(C(=O)N[C@@H]2CCc3nccn3C2)CCC1=O. The van der Waals surface area contributed by atoms with Gasteiger partial charge in [-0.05, 0) is 20.3 Å². The Kier molecular flexibility index (Phi) is 3.96. The van der Waals surface area contributed by atoms with Crippen molar-refractivity contribution < 1.29 is 9.59 Å². The fraction of sp³-hybridized carbons (Fsp3) is 0.600. The molecule has 1 atom stereocenters. The van der Waals surface area contributed by atoms with Gasteiger partial charge in [-0.3, -0.25) is 9.59 Å². The topological polar surface area (TPSA) is 79.6 Å². The summed E-state index contributed by atoms with van der Waals surface area (Å²) in [6.07, 6.45) is 6.23. The summed E-state index contributed by atoms with van der Waals surface area (Å²) < 4.78 is 2.07. The highest BCUT2D eigenvalue weighted by Crippen LogP contribution is 2.15. The zero-order chi connectivity index (χ0) is 15.7. The molecule has 2 aliphatic heterocycles. The summed E-state index contributed by atoms with van der Waals surface area (Å²) in [5, 5.41) is 8.68. The maximum atomic E-state index is 12.4. The number of hydrogen-bond donors (Lipinski definition) is 1. The molecule has 1 aromatic heterocycles. The third kappa shape index (κ3) is 2.88. The molecule has 3 rings (SSSR count). The van der Waals surface area contributed by atoms with Crippen molar-refractivity contribution in [3.63, 3.8) is 0 Å². The minimum atomic E-state index is -0.160. The molecule has 0 fully saturated rings. The van der Waals surface area contributed by atoms with Crippen LogP contribution in [0.1, 0.15) is 38.9 Å². The number of nitrogens with zero attached hydrogens (tertiary/aromatic N) is 4. The van der Waals surface area contributed by atoms with E-state index >= 15 is 0 Å². The largest absolute Gasteiger partial charge is 0.346 e. The monoisotopic (exact) mass is 303 g/mol. The molecule has 3 heterocycles. The van der Waals surface area contributed by atoms with Crippen molar-refractivity contribution >= 4 is 17.5 Å². The first-order valence-electron chi connectivity index (χ1n) is 7.75. The lowest BCUT2D eigenvalue weighted by molar-refractivity contribution is -0.133. The molecule has 0 spiro atoms. The van der Waals surface area contributed by atoms with Crippen LogP contribution in [-0.4, -0.2) is 44.2 Å². The number of nitrogens with one attached hydrogen (secondary N) is 1. The standard InChI is InChI=1S/C15H21N5O2/c1-10(2)20-14(21)6-4-12(18-20)15(22)17-11-3-5-13-16-7-8-19(13)9-11/h7-8,10-11H,3-6,9H2,1-2H3,(H,17,22)/t11-/m1/s1. The van der Waals surface area contributed by atoms with Crippen molar-refractivity contribution in [2.45, 2.75) is 58.2 Å². The zero-order valence-corrected chi connectivity index (χ0v) is 13.0. The number of amides is 2. The molecule has 118 valence electrons. The first-order chi connectivity index (χ1) is 10.5. The van der Waals surface area contributed by atoms with Crippen molar-refractivity contribution in [1.29, 1.82) is 0 Å². The average Bonchev–Trinajstić information content (AvgIpc) is 2.94. The number of carbonyl (C=O) groups excluding carboxylic acids is 2. The molecule has 0 aromatic carbocycles. The second-order valence-electron chi connectivity index (χ2n) is 6.08. The number of fused-ring (bicyclic) bond motifs is 1. The Morgan fingerprint density at radius 1 is 1.36 bits per heavy atom. The highest BCUT2D eigenvalue weighted by molar-refractivity contribution is 6.39. The number of rotatable bonds is 3. The number of carbonyl (C=O) groups is 2. The summed E-state index contributed by atoms with van der Waals surface area (Å²) in [5.41, 5.74) is 0.449. The summed E-state index contributed by atoms with van der Waals surface area (Å²) in [4.78, 5) is 28.4. The van der Waals surface area contributed by atoms with Crippen molar-refractivity contribution in [1.82, 2.24) is 19.9 Å². The lowest BCUT2D eigenvalue weighted by Crippen LogP contribution is -2.46. The summed E-state index contributed by atoms with van der Waals surface area (Å²) in [7, 11) is 0. The van der Waals surface area contributed by atoms with Crippen LogP contribution < -0.4 is 5.32 Å². The molecule has 2 amide bonds. The molecular weight excluding hydrogens is 282 g/mol. The summed E-state index contributed by atoms with van der Waals surface area (Å²) >= 11 is 0. The summed E-state index contributed by atoms with van der Waals surface area (Å²) in [5.74, 6) is 0.885. The Hall–Kier alpha value is -2.18. The fourth-order valence-corrected chi connectivity index (χ4v) is 2.89. The molecule has 7 heteroatoms. The zero-order valence-electron chi connectivity index (χ0n) is 13.0. The van der Waals surface area contributed by atoms with Crippen LogP contribution in [0.3, 0.4) is 0 Å². The highest BCUT2D eigenvalue weighted by atomic mass is 16.2. The maximum Gasteiger partial charge on any atom is 0.267 e. The van der Waals surface area contributed by atoms with Gasteiger partial charge in [-0.1, -0.05) is 0 Å². The van der Waals surface area contributed by atoms with Gasteiger partial charge >= 0.3 is 0 Å². The molecule has 0 aliphatic carbocycles. The van der Waals surface area contributed by atoms with Crippen LogP contribution >= 0.6 is 0 Å². The van der Waals surface area contributed by atoms with E-state index in [2.05, 4.69) is 20.0 Å². The van der Waals surface area contributed by atoms with Crippen molar-refractivity contribution in [3.05, 3.63) is 18.2 Å². The van der Waals surface area contributed by atoms with Crippen molar-refractivity contribution in [2.75, 3.05) is 0 Å². The minimum Gasteiger partial charge on any atom is -0.346 e. The molecule has 0 radical (unpaired) electrons. The average molecular weight is 303 g/mol. The molecule has 22 heavy (non-hydrogen) atoms. The van der Waals surface area contributed by atoms with Gasteiger partial charge in [0.2, 0.25) is 5.91 Å². The summed E-state index contributed by atoms with van der Waals surface area (Å²) in [6.45, 7) is 4.52. The highest BCUT2D eigenvalue weighted by Gasteiger charge is 2.28. The Bertz CT molecular complexity index is 619. The quantitative estimate of drug-likeness (QED) is 0.892. The lowest BCUT2D eigenvalue weighted by atomic mass is 10.1.